The molecule has 0 radical (unpaired) electrons. The van der Waals surface area contributed by atoms with Crippen LogP contribution in [0, 0.1) is 0 Å². The van der Waals surface area contributed by atoms with E-state index in [1.54, 1.807) is 17.0 Å². The smallest absolute Gasteiger partial charge is 0.254 e. The first kappa shape index (κ1) is 15.2. The zero-order chi connectivity index (χ0) is 15.4. The Balaban J connectivity index is 2.20. The Kier molecular flexibility index (Phi) is 4.70. The second kappa shape index (κ2) is 6.50. The van der Waals surface area contributed by atoms with Crippen LogP contribution in [0.4, 0.5) is 5.69 Å². The zero-order valence-electron chi connectivity index (χ0n) is 11.7. The van der Waals surface area contributed by atoms with Crippen molar-refractivity contribution in [3.8, 4) is 5.75 Å². The summed E-state index contributed by atoms with van der Waals surface area (Å²) < 4.78 is 0. The van der Waals surface area contributed by atoms with Crippen LogP contribution in [0.5, 0.6) is 5.75 Å². The predicted octanol–water partition coefficient (Wildman–Crippen LogP) is 3.29. The topological polar surface area (TPSA) is 66.6 Å². The number of nitrogens with zero attached hydrogens (tertiary/aromatic N) is 1. The van der Waals surface area contributed by atoms with Gasteiger partial charge < -0.3 is 15.7 Å². The van der Waals surface area contributed by atoms with Crippen LogP contribution in [-0.2, 0) is 6.54 Å². The van der Waals surface area contributed by atoms with Crippen LogP contribution in [0.15, 0.2) is 42.5 Å². The highest BCUT2D eigenvalue weighted by Gasteiger charge is 2.16. The quantitative estimate of drug-likeness (QED) is 0.852. The molecule has 0 fully saturated rings. The van der Waals surface area contributed by atoms with Crippen LogP contribution < -0.4 is 5.73 Å². The van der Waals surface area contributed by atoms with Crippen molar-refractivity contribution in [3.63, 3.8) is 0 Å². The van der Waals surface area contributed by atoms with Gasteiger partial charge in [-0.3, -0.25) is 4.79 Å². The normalized spacial score (nSPS) is 10.4. The minimum Gasteiger partial charge on any atom is -0.506 e. The van der Waals surface area contributed by atoms with Crippen LogP contribution in [-0.4, -0.2) is 22.5 Å². The molecule has 0 saturated heterocycles. The number of anilines is 1. The maximum Gasteiger partial charge on any atom is 0.254 e. The van der Waals surface area contributed by atoms with Crippen molar-refractivity contribution in [2.75, 3.05) is 12.3 Å². The summed E-state index contributed by atoms with van der Waals surface area (Å²) in [6, 6.07) is 11.9. The van der Waals surface area contributed by atoms with Gasteiger partial charge in [0, 0.05) is 24.3 Å². The molecule has 1 amide bonds. The molecule has 3 N–H and O–H groups in total. The number of nitrogen functional groups attached to an aromatic ring is 1. The van der Waals surface area contributed by atoms with E-state index in [4.69, 9.17) is 17.3 Å². The van der Waals surface area contributed by atoms with Gasteiger partial charge in [0.25, 0.3) is 5.91 Å². The zero-order valence-corrected chi connectivity index (χ0v) is 12.5. The fourth-order valence-corrected chi connectivity index (χ4v) is 2.24. The first-order valence-electron chi connectivity index (χ1n) is 6.63. The van der Waals surface area contributed by atoms with Gasteiger partial charge in [-0.1, -0.05) is 23.7 Å². The van der Waals surface area contributed by atoms with E-state index >= 15 is 0 Å². The molecule has 2 rings (SSSR count). The first-order chi connectivity index (χ1) is 10.0. The van der Waals surface area contributed by atoms with Crippen LogP contribution in [0.1, 0.15) is 22.8 Å². The van der Waals surface area contributed by atoms with Crippen molar-refractivity contribution in [3.05, 3.63) is 58.6 Å². The molecule has 21 heavy (non-hydrogen) atoms. The lowest BCUT2D eigenvalue weighted by molar-refractivity contribution is 0.0752. The Morgan fingerprint density at radius 3 is 2.67 bits per heavy atom. The first-order valence-corrected chi connectivity index (χ1v) is 7.01. The molecule has 0 aliphatic carbocycles. The molecule has 0 atom stereocenters. The SMILES string of the molecule is CCN(Cc1cccc(N)c1)C(=O)c1ccc(O)c(Cl)c1. The molecule has 2 aromatic carbocycles. The van der Waals surface area contributed by atoms with Crippen molar-refractivity contribution in [2.24, 2.45) is 0 Å². The highest BCUT2D eigenvalue weighted by Crippen LogP contribution is 2.24. The van der Waals surface area contributed by atoms with Gasteiger partial charge in [-0.2, -0.15) is 0 Å². The van der Waals surface area contributed by atoms with Crippen molar-refractivity contribution in [2.45, 2.75) is 13.5 Å². The lowest BCUT2D eigenvalue weighted by Crippen LogP contribution is -2.30. The predicted molar refractivity (Wildman–Crippen MR) is 84.4 cm³/mol. The number of halogens is 1. The molecule has 5 heteroatoms. The number of rotatable bonds is 4. The Morgan fingerprint density at radius 1 is 1.29 bits per heavy atom. The van der Waals surface area contributed by atoms with Crippen LogP contribution in [0.2, 0.25) is 5.02 Å². The summed E-state index contributed by atoms with van der Waals surface area (Å²) in [5, 5.41) is 9.58. The average Bonchev–Trinajstić information content (AvgIpc) is 2.47. The summed E-state index contributed by atoms with van der Waals surface area (Å²) in [6.07, 6.45) is 0. The van der Waals surface area contributed by atoms with E-state index in [0.717, 1.165) is 5.56 Å². The van der Waals surface area contributed by atoms with Crippen LogP contribution >= 0.6 is 11.6 Å². The summed E-state index contributed by atoms with van der Waals surface area (Å²) in [6.45, 7) is 2.94. The van der Waals surface area contributed by atoms with Crippen molar-refractivity contribution >= 4 is 23.2 Å². The van der Waals surface area contributed by atoms with E-state index < -0.39 is 0 Å². The van der Waals surface area contributed by atoms with Gasteiger partial charge in [-0.25, -0.2) is 0 Å². The molecule has 0 heterocycles. The highest BCUT2D eigenvalue weighted by molar-refractivity contribution is 6.32. The van der Waals surface area contributed by atoms with E-state index in [1.165, 1.54) is 12.1 Å². The number of amides is 1. The van der Waals surface area contributed by atoms with Crippen LogP contribution in [0.25, 0.3) is 0 Å². The van der Waals surface area contributed by atoms with Crippen molar-refractivity contribution in [1.82, 2.24) is 4.90 Å². The van der Waals surface area contributed by atoms with Crippen molar-refractivity contribution in [1.29, 1.82) is 0 Å². The third-order valence-corrected chi connectivity index (χ3v) is 3.49. The molecule has 4 nitrogen and oxygen atoms in total. The van der Waals surface area contributed by atoms with Crippen LogP contribution in [0.3, 0.4) is 0 Å². The van der Waals surface area contributed by atoms with E-state index in [1.807, 2.05) is 25.1 Å². The lowest BCUT2D eigenvalue weighted by Gasteiger charge is -2.21. The summed E-state index contributed by atoms with van der Waals surface area (Å²) in [7, 11) is 0. The standard InChI is InChI=1S/C16H17ClN2O2/c1-2-19(10-11-4-3-5-13(18)8-11)16(21)12-6-7-15(20)14(17)9-12/h3-9,20H,2,10,18H2,1H3. The number of hydrogen-bond acceptors (Lipinski definition) is 3. The number of nitrogens with two attached hydrogens (primary N) is 1. The van der Waals surface area contributed by atoms with Gasteiger partial charge >= 0.3 is 0 Å². The highest BCUT2D eigenvalue weighted by atomic mass is 35.5. The largest absolute Gasteiger partial charge is 0.506 e. The fraction of sp³-hybridized carbons (Fsp3) is 0.188. The Labute approximate surface area is 128 Å². The molecule has 0 saturated carbocycles. The number of hydrogen-bond donors (Lipinski definition) is 2. The monoisotopic (exact) mass is 304 g/mol. The third-order valence-electron chi connectivity index (χ3n) is 3.19. The number of phenolic OH excluding ortho intramolecular Hbond substituents is 1. The molecule has 0 bridgehead atoms. The molecule has 2 aromatic rings. The average molecular weight is 305 g/mol. The second-order valence-electron chi connectivity index (χ2n) is 4.73. The number of phenols is 1. The van der Waals surface area contributed by atoms with E-state index in [2.05, 4.69) is 0 Å². The molecular weight excluding hydrogens is 288 g/mol. The molecule has 0 aliphatic rings. The van der Waals surface area contributed by atoms with Gasteiger partial charge in [0.15, 0.2) is 0 Å². The molecular formula is C16H17ClN2O2. The van der Waals surface area contributed by atoms with Gasteiger partial charge in [-0.15, -0.1) is 0 Å². The second-order valence-corrected chi connectivity index (χ2v) is 5.14. The fourth-order valence-electron chi connectivity index (χ4n) is 2.06. The minimum atomic E-state index is -0.137. The summed E-state index contributed by atoms with van der Waals surface area (Å²) in [4.78, 5) is 14.2. The summed E-state index contributed by atoms with van der Waals surface area (Å²) >= 11 is 5.85. The number of benzene rings is 2. The van der Waals surface area contributed by atoms with E-state index in [-0.39, 0.29) is 16.7 Å². The molecule has 0 spiro atoms. The summed E-state index contributed by atoms with van der Waals surface area (Å²) in [5.41, 5.74) is 7.84. The maximum absolute atomic E-state index is 12.5. The van der Waals surface area contributed by atoms with Gasteiger partial charge in [0.05, 0.1) is 5.02 Å². The molecule has 0 aromatic heterocycles. The minimum absolute atomic E-state index is 0.0351. The third kappa shape index (κ3) is 3.67. The molecule has 0 unspecified atom stereocenters. The van der Waals surface area contributed by atoms with E-state index in [0.29, 0.717) is 24.3 Å². The molecule has 0 aliphatic heterocycles. The summed E-state index contributed by atoms with van der Waals surface area (Å²) in [5.74, 6) is -0.172. The maximum atomic E-state index is 12.5. The van der Waals surface area contributed by atoms with Gasteiger partial charge in [0.2, 0.25) is 0 Å². The Bertz CT molecular complexity index is 658. The Hall–Kier alpha value is -2.20. The Morgan fingerprint density at radius 2 is 2.05 bits per heavy atom. The number of aromatic hydroxyl groups is 1. The number of carbonyl (C=O) groups is 1. The lowest BCUT2D eigenvalue weighted by atomic mass is 10.1. The van der Waals surface area contributed by atoms with E-state index in [9.17, 15) is 9.90 Å². The number of carbonyl (C=O) groups excluding carboxylic acids is 1. The van der Waals surface area contributed by atoms with Gasteiger partial charge in [-0.05, 0) is 42.8 Å². The van der Waals surface area contributed by atoms with Crippen molar-refractivity contribution < 1.29 is 9.90 Å². The molecule has 110 valence electrons. The van der Waals surface area contributed by atoms with Gasteiger partial charge in [0.1, 0.15) is 5.75 Å².